The Bertz CT molecular complexity index is 532. The standard InChI is InChI=1S/C18H26N2O2/c1-19-9-5-8-15(11-19)18(21)20(2)12-17-10-14-6-3-4-7-16(14)13-22-17/h3-4,6-7,15,17H,5,8-13H2,1-2H3. The Hall–Kier alpha value is -1.39. The van der Waals surface area contributed by atoms with Gasteiger partial charge in [0.15, 0.2) is 0 Å². The van der Waals surface area contributed by atoms with Crippen molar-refractivity contribution in [2.75, 3.05) is 33.7 Å². The molecular formula is C18H26N2O2. The average Bonchev–Trinajstić information content (AvgIpc) is 2.54. The van der Waals surface area contributed by atoms with Gasteiger partial charge in [0.05, 0.1) is 18.6 Å². The van der Waals surface area contributed by atoms with Crippen molar-refractivity contribution in [3.63, 3.8) is 0 Å². The van der Waals surface area contributed by atoms with Crippen LogP contribution in [-0.4, -0.2) is 55.5 Å². The Morgan fingerprint density at radius 3 is 2.91 bits per heavy atom. The topological polar surface area (TPSA) is 32.8 Å². The third-order valence-electron chi connectivity index (χ3n) is 4.87. The molecule has 2 aliphatic heterocycles. The summed E-state index contributed by atoms with van der Waals surface area (Å²) in [4.78, 5) is 16.7. The molecule has 1 amide bonds. The molecule has 2 aliphatic rings. The van der Waals surface area contributed by atoms with Crippen molar-refractivity contribution in [1.29, 1.82) is 0 Å². The first-order chi connectivity index (χ1) is 10.6. The molecule has 0 N–H and O–H groups in total. The zero-order valence-corrected chi connectivity index (χ0v) is 13.6. The highest BCUT2D eigenvalue weighted by Crippen LogP contribution is 2.22. The number of hydrogen-bond acceptors (Lipinski definition) is 3. The van der Waals surface area contributed by atoms with E-state index >= 15 is 0 Å². The minimum atomic E-state index is 0.116. The number of fused-ring (bicyclic) bond motifs is 1. The van der Waals surface area contributed by atoms with Crippen molar-refractivity contribution < 1.29 is 9.53 Å². The maximum atomic E-state index is 12.6. The maximum Gasteiger partial charge on any atom is 0.226 e. The molecule has 4 heteroatoms. The fourth-order valence-electron chi connectivity index (χ4n) is 3.60. The SMILES string of the molecule is CN1CCCC(C(=O)N(C)CC2Cc3ccccc3CO2)C1. The van der Waals surface area contributed by atoms with Gasteiger partial charge < -0.3 is 14.5 Å². The van der Waals surface area contributed by atoms with Crippen LogP contribution < -0.4 is 0 Å². The van der Waals surface area contributed by atoms with E-state index in [2.05, 4.69) is 36.2 Å². The van der Waals surface area contributed by atoms with Crippen LogP contribution in [-0.2, 0) is 22.6 Å². The van der Waals surface area contributed by atoms with E-state index < -0.39 is 0 Å². The minimum Gasteiger partial charge on any atom is -0.371 e. The summed E-state index contributed by atoms with van der Waals surface area (Å²) in [7, 11) is 4.02. The average molecular weight is 302 g/mol. The predicted molar refractivity (Wildman–Crippen MR) is 86.6 cm³/mol. The van der Waals surface area contributed by atoms with Gasteiger partial charge in [-0.15, -0.1) is 0 Å². The summed E-state index contributed by atoms with van der Waals surface area (Å²) < 4.78 is 5.93. The molecule has 2 atom stereocenters. The number of carbonyl (C=O) groups excluding carboxylic acids is 1. The molecule has 0 saturated carbocycles. The fourth-order valence-corrected chi connectivity index (χ4v) is 3.60. The van der Waals surface area contributed by atoms with E-state index in [9.17, 15) is 4.79 Å². The normalized spacial score (nSPS) is 25.5. The lowest BCUT2D eigenvalue weighted by Gasteiger charge is -2.34. The quantitative estimate of drug-likeness (QED) is 0.855. The van der Waals surface area contributed by atoms with E-state index in [1.54, 1.807) is 0 Å². The first-order valence-corrected chi connectivity index (χ1v) is 8.25. The van der Waals surface area contributed by atoms with Crippen molar-refractivity contribution in [3.05, 3.63) is 35.4 Å². The second-order valence-electron chi connectivity index (χ2n) is 6.73. The largest absolute Gasteiger partial charge is 0.371 e. The molecule has 0 aromatic heterocycles. The number of rotatable bonds is 3. The first kappa shape index (κ1) is 15.5. The van der Waals surface area contributed by atoms with Crippen molar-refractivity contribution in [3.8, 4) is 0 Å². The molecule has 1 aromatic carbocycles. The van der Waals surface area contributed by atoms with Crippen molar-refractivity contribution in [2.45, 2.75) is 32.0 Å². The van der Waals surface area contributed by atoms with E-state index in [1.165, 1.54) is 11.1 Å². The second kappa shape index (κ2) is 6.80. The van der Waals surface area contributed by atoms with E-state index in [4.69, 9.17) is 4.74 Å². The lowest BCUT2D eigenvalue weighted by molar-refractivity contribution is -0.138. The van der Waals surface area contributed by atoms with Gasteiger partial charge in [0.2, 0.25) is 5.91 Å². The monoisotopic (exact) mass is 302 g/mol. The lowest BCUT2D eigenvalue weighted by Crippen LogP contribution is -2.45. The second-order valence-corrected chi connectivity index (χ2v) is 6.73. The highest BCUT2D eigenvalue weighted by atomic mass is 16.5. The Morgan fingerprint density at radius 1 is 1.36 bits per heavy atom. The van der Waals surface area contributed by atoms with Gasteiger partial charge in [-0.3, -0.25) is 4.79 Å². The summed E-state index contributed by atoms with van der Waals surface area (Å²) >= 11 is 0. The molecule has 1 saturated heterocycles. The van der Waals surface area contributed by atoms with Crippen molar-refractivity contribution in [2.24, 2.45) is 5.92 Å². The van der Waals surface area contributed by atoms with Crippen molar-refractivity contribution >= 4 is 5.91 Å². The van der Waals surface area contributed by atoms with Crippen LogP contribution in [0.1, 0.15) is 24.0 Å². The molecule has 2 unspecified atom stereocenters. The molecule has 1 fully saturated rings. The number of likely N-dealkylation sites (tertiary alicyclic amines) is 1. The van der Waals surface area contributed by atoms with Crippen LogP contribution in [0.3, 0.4) is 0 Å². The highest BCUT2D eigenvalue weighted by Gasteiger charge is 2.28. The Kier molecular flexibility index (Phi) is 4.79. The van der Waals surface area contributed by atoms with Gasteiger partial charge >= 0.3 is 0 Å². The molecule has 0 aliphatic carbocycles. The van der Waals surface area contributed by atoms with Gasteiger partial charge in [-0.05, 0) is 37.6 Å². The first-order valence-electron chi connectivity index (χ1n) is 8.25. The number of amides is 1. The summed E-state index contributed by atoms with van der Waals surface area (Å²) in [5.41, 5.74) is 2.64. The molecule has 1 aromatic rings. The van der Waals surface area contributed by atoms with E-state index in [0.29, 0.717) is 13.2 Å². The van der Waals surface area contributed by atoms with Gasteiger partial charge in [0.1, 0.15) is 0 Å². The zero-order chi connectivity index (χ0) is 15.5. The summed E-state index contributed by atoms with van der Waals surface area (Å²) in [6.07, 6.45) is 3.15. The van der Waals surface area contributed by atoms with Gasteiger partial charge in [-0.2, -0.15) is 0 Å². The van der Waals surface area contributed by atoms with Gasteiger partial charge in [0, 0.05) is 26.6 Å². The molecule has 120 valence electrons. The molecule has 0 spiro atoms. The molecule has 3 rings (SSSR count). The Balaban J connectivity index is 1.56. The van der Waals surface area contributed by atoms with Crippen LogP contribution in [0.4, 0.5) is 0 Å². The number of piperidine rings is 1. The lowest BCUT2D eigenvalue weighted by atomic mass is 9.96. The number of carbonyl (C=O) groups is 1. The number of hydrogen-bond donors (Lipinski definition) is 0. The van der Waals surface area contributed by atoms with Crippen LogP contribution in [0.2, 0.25) is 0 Å². The number of nitrogens with zero attached hydrogens (tertiary/aromatic N) is 2. The molecule has 0 radical (unpaired) electrons. The van der Waals surface area contributed by atoms with E-state index in [-0.39, 0.29) is 17.9 Å². The zero-order valence-electron chi connectivity index (χ0n) is 13.6. The van der Waals surface area contributed by atoms with Gasteiger partial charge in [0.25, 0.3) is 0 Å². The third kappa shape index (κ3) is 3.50. The van der Waals surface area contributed by atoms with Crippen LogP contribution in [0.5, 0.6) is 0 Å². The van der Waals surface area contributed by atoms with Gasteiger partial charge in [-0.25, -0.2) is 0 Å². The molecule has 0 bridgehead atoms. The summed E-state index contributed by atoms with van der Waals surface area (Å²) in [5, 5.41) is 0. The van der Waals surface area contributed by atoms with Crippen LogP contribution in [0, 0.1) is 5.92 Å². The number of likely N-dealkylation sites (N-methyl/N-ethyl adjacent to an activating group) is 1. The highest BCUT2D eigenvalue weighted by molar-refractivity contribution is 5.79. The van der Waals surface area contributed by atoms with Crippen LogP contribution >= 0.6 is 0 Å². The van der Waals surface area contributed by atoms with Crippen LogP contribution in [0.15, 0.2) is 24.3 Å². The van der Waals surface area contributed by atoms with Crippen molar-refractivity contribution in [1.82, 2.24) is 9.80 Å². The third-order valence-corrected chi connectivity index (χ3v) is 4.87. The van der Waals surface area contributed by atoms with E-state index in [0.717, 1.165) is 32.4 Å². The number of benzene rings is 1. The summed E-state index contributed by atoms with van der Waals surface area (Å²) in [6, 6.07) is 8.42. The predicted octanol–water partition coefficient (Wildman–Crippen LogP) is 1.93. The molecule has 22 heavy (non-hydrogen) atoms. The summed E-state index contributed by atoms with van der Waals surface area (Å²) in [6.45, 7) is 3.34. The molecule has 2 heterocycles. The Morgan fingerprint density at radius 2 is 2.14 bits per heavy atom. The maximum absolute atomic E-state index is 12.6. The molecular weight excluding hydrogens is 276 g/mol. The smallest absolute Gasteiger partial charge is 0.226 e. The fraction of sp³-hybridized carbons (Fsp3) is 0.611. The van der Waals surface area contributed by atoms with Gasteiger partial charge in [-0.1, -0.05) is 24.3 Å². The molecule has 4 nitrogen and oxygen atoms in total. The van der Waals surface area contributed by atoms with Crippen LogP contribution in [0.25, 0.3) is 0 Å². The van der Waals surface area contributed by atoms with E-state index in [1.807, 2.05) is 11.9 Å². The summed E-state index contributed by atoms with van der Waals surface area (Å²) in [5.74, 6) is 0.425. The number of ether oxygens (including phenoxy) is 1. The minimum absolute atomic E-state index is 0.116. The Labute approximate surface area is 133 Å².